The lowest BCUT2D eigenvalue weighted by Gasteiger charge is -1.95. The van der Waals surface area contributed by atoms with Crippen LogP contribution in [-0.2, 0) is 0 Å². The van der Waals surface area contributed by atoms with Gasteiger partial charge in [-0.3, -0.25) is 4.99 Å². The second kappa shape index (κ2) is 5.35. The molecule has 52 valence electrons. The van der Waals surface area contributed by atoms with Gasteiger partial charge < -0.3 is 5.32 Å². The van der Waals surface area contributed by atoms with Gasteiger partial charge in [0.05, 0.1) is 6.34 Å². The van der Waals surface area contributed by atoms with E-state index in [1.807, 2.05) is 6.92 Å². The summed E-state index contributed by atoms with van der Waals surface area (Å²) in [6.45, 7) is 4.12. The molecule has 9 heavy (non-hydrogen) atoms. The highest BCUT2D eigenvalue weighted by Gasteiger charge is 1.77. The monoisotopic (exact) mass is 126 g/mol. The maximum absolute atomic E-state index is 3.78. The van der Waals surface area contributed by atoms with Gasteiger partial charge >= 0.3 is 0 Å². The number of hydrogen-bond donors (Lipinski definition) is 1. The summed E-state index contributed by atoms with van der Waals surface area (Å²) >= 11 is 0. The third-order valence-electron chi connectivity index (χ3n) is 0.932. The van der Waals surface area contributed by atoms with E-state index >= 15 is 0 Å². The van der Waals surface area contributed by atoms with Gasteiger partial charge in [0.2, 0.25) is 0 Å². The van der Waals surface area contributed by atoms with E-state index in [4.69, 9.17) is 0 Å². The Kier molecular flexibility index (Phi) is 4.88. The maximum Gasteiger partial charge on any atom is 0.0861 e. The molecule has 0 aliphatic rings. The average Bonchev–Trinajstić information content (AvgIpc) is 1.85. The van der Waals surface area contributed by atoms with Gasteiger partial charge in [-0.05, 0) is 13.3 Å². The third-order valence-corrected chi connectivity index (χ3v) is 0.932. The molecule has 0 saturated heterocycles. The summed E-state index contributed by atoms with van der Waals surface area (Å²) in [5, 5.41) is 3.00. The summed E-state index contributed by atoms with van der Waals surface area (Å²) in [7, 11) is 1.74. The van der Waals surface area contributed by atoms with Crippen LogP contribution in [0.15, 0.2) is 16.8 Å². The van der Waals surface area contributed by atoms with Gasteiger partial charge in [-0.25, -0.2) is 0 Å². The molecule has 0 aromatic heterocycles. The molecule has 0 bridgehead atoms. The Balaban J connectivity index is 3.49. The molecule has 2 heteroatoms. The number of rotatable bonds is 3. The zero-order valence-electron chi connectivity index (χ0n) is 6.31. The van der Waals surface area contributed by atoms with Crippen LogP contribution >= 0.6 is 0 Å². The average molecular weight is 126 g/mol. The Morgan fingerprint density at radius 3 is 2.78 bits per heavy atom. The Labute approximate surface area is 56.7 Å². The molecule has 0 unspecified atom stereocenters. The van der Waals surface area contributed by atoms with E-state index in [2.05, 4.69) is 23.3 Å². The molecule has 0 heterocycles. The molecule has 0 aromatic carbocycles. The maximum atomic E-state index is 3.78. The van der Waals surface area contributed by atoms with Crippen molar-refractivity contribution in [3.63, 3.8) is 0 Å². The summed E-state index contributed by atoms with van der Waals surface area (Å²) in [5.41, 5.74) is 1.16. The molecular formula is C7H14N2. The van der Waals surface area contributed by atoms with Crippen molar-refractivity contribution in [1.82, 2.24) is 5.32 Å². The predicted molar refractivity (Wildman–Crippen MR) is 41.6 cm³/mol. The number of aliphatic imine (C=N–C) groups is 1. The van der Waals surface area contributed by atoms with Crippen molar-refractivity contribution in [2.75, 3.05) is 7.05 Å². The van der Waals surface area contributed by atoms with Crippen LogP contribution in [0.4, 0.5) is 0 Å². The van der Waals surface area contributed by atoms with Gasteiger partial charge in [-0.15, -0.1) is 0 Å². The topological polar surface area (TPSA) is 24.4 Å². The van der Waals surface area contributed by atoms with E-state index in [0.29, 0.717) is 0 Å². The highest BCUT2D eigenvalue weighted by atomic mass is 14.9. The van der Waals surface area contributed by atoms with Crippen LogP contribution in [0.1, 0.15) is 20.3 Å². The van der Waals surface area contributed by atoms with Gasteiger partial charge in [0.15, 0.2) is 0 Å². The molecule has 0 rings (SSSR count). The molecule has 0 saturated carbocycles. The number of nitrogens with one attached hydrogen (secondary N) is 1. The minimum Gasteiger partial charge on any atom is -0.351 e. The van der Waals surface area contributed by atoms with Crippen molar-refractivity contribution in [2.24, 2.45) is 4.99 Å². The van der Waals surface area contributed by atoms with Crippen molar-refractivity contribution in [3.05, 3.63) is 11.8 Å². The van der Waals surface area contributed by atoms with Crippen molar-refractivity contribution in [3.8, 4) is 0 Å². The van der Waals surface area contributed by atoms with Crippen molar-refractivity contribution < 1.29 is 0 Å². The Hall–Kier alpha value is -0.790. The lowest BCUT2D eigenvalue weighted by atomic mass is 10.4. The summed E-state index contributed by atoms with van der Waals surface area (Å²) in [6, 6.07) is 0. The zero-order valence-corrected chi connectivity index (χ0v) is 6.31. The van der Waals surface area contributed by atoms with E-state index < -0.39 is 0 Å². The SMILES string of the molecule is CC/C=C(\C)NC=NC. The lowest BCUT2D eigenvalue weighted by Crippen LogP contribution is -2.06. The standard InChI is InChI=1S/C7H14N2/c1-4-5-7(2)9-6-8-3/h5-6H,4H2,1-3H3,(H,8,9)/b7-5+. The van der Waals surface area contributed by atoms with Gasteiger partial charge in [0.25, 0.3) is 0 Å². The molecule has 0 spiro atoms. The first-order valence-electron chi connectivity index (χ1n) is 3.15. The summed E-state index contributed by atoms with van der Waals surface area (Å²) in [4.78, 5) is 3.78. The third kappa shape index (κ3) is 5.07. The van der Waals surface area contributed by atoms with Crippen LogP contribution in [0.3, 0.4) is 0 Å². The predicted octanol–water partition coefficient (Wildman–Crippen LogP) is 1.55. The van der Waals surface area contributed by atoms with Crippen LogP contribution in [0.5, 0.6) is 0 Å². The summed E-state index contributed by atoms with van der Waals surface area (Å²) < 4.78 is 0. The van der Waals surface area contributed by atoms with Crippen LogP contribution in [0.2, 0.25) is 0 Å². The van der Waals surface area contributed by atoms with E-state index in [1.54, 1.807) is 13.4 Å². The molecule has 0 fully saturated rings. The fraction of sp³-hybridized carbons (Fsp3) is 0.571. The Bertz CT molecular complexity index is 114. The Morgan fingerprint density at radius 2 is 2.33 bits per heavy atom. The fourth-order valence-corrected chi connectivity index (χ4v) is 0.531. The van der Waals surface area contributed by atoms with E-state index in [-0.39, 0.29) is 0 Å². The first-order valence-corrected chi connectivity index (χ1v) is 3.15. The van der Waals surface area contributed by atoms with Crippen LogP contribution in [0, 0.1) is 0 Å². The largest absolute Gasteiger partial charge is 0.351 e. The second-order valence-electron chi connectivity index (χ2n) is 1.83. The molecule has 0 aliphatic carbocycles. The number of allylic oxidation sites excluding steroid dienone is 2. The lowest BCUT2D eigenvalue weighted by molar-refractivity contribution is 1.08. The number of nitrogens with zero attached hydrogens (tertiary/aromatic N) is 1. The highest BCUT2D eigenvalue weighted by Crippen LogP contribution is 1.86. The van der Waals surface area contributed by atoms with Crippen molar-refractivity contribution in [2.45, 2.75) is 20.3 Å². The first kappa shape index (κ1) is 8.21. The van der Waals surface area contributed by atoms with E-state index in [1.165, 1.54) is 0 Å². The minimum atomic E-state index is 1.07. The highest BCUT2D eigenvalue weighted by molar-refractivity contribution is 5.56. The number of hydrogen-bond acceptors (Lipinski definition) is 1. The second-order valence-corrected chi connectivity index (χ2v) is 1.83. The molecule has 1 N–H and O–H groups in total. The molecule has 0 aromatic rings. The minimum absolute atomic E-state index is 1.07. The fourth-order valence-electron chi connectivity index (χ4n) is 0.531. The van der Waals surface area contributed by atoms with Crippen molar-refractivity contribution >= 4 is 6.34 Å². The van der Waals surface area contributed by atoms with Crippen LogP contribution in [0.25, 0.3) is 0 Å². The molecule has 2 nitrogen and oxygen atoms in total. The first-order chi connectivity index (χ1) is 4.31. The molecule has 0 amide bonds. The van der Waals surface area contributed by atoms with Crippen molar-refractivity contribution in [1.29, 1.82) is 0 Å². The van der Waals surface area contributed by atoms with Gasteiger partial charge in [0.1, 0.15) is 0 Å². The summed E-state index contributed by atoms with van der Waals surface area (Å²) in [5.74, 6) is 0. The molecular weight excluding hydrogens is 112 g/mol. The summed E-state index contributed by atoms with van der Waals surface area (Å²) in [6.07, 6.45) is 4.86. The molecule has 0 aliphatic heterocycles. The van der Waals surface area contributed by atoms with Crippen LogP contribution in [-0.4, -0.2) is 13.4 Å². The van der Waals surface area contributed by atoms with E-state index in [9.17, 15) is 0 Å². The van der Waals surface area contributed by atoms with Crippen LogP contribution < -0.4 is 5.32 Å². The zero-order chi connectivity index (χ0) is 7.11. The Morgan fingerprint density at radius 1 is 1.67 bits per heavy atom. The molecule has 0 atom stereocenters. The van der Waals surface area contributed by atoms with Gasteiger partial charge in [0, 0.05) is 12.7 Å². The smallest absolute Gasteiger partial charge is 0.0861 e. The van der Waals surface area contributed by atoms with Gasteiger partial charge in [-0.2, -0.15) is 0 Å². The van der Waals surface area contributed by atoms with E-state index in [0.717, 1.165) is 12.1 Å². The quantitative estimate of drug-likeness (QED) is 0.450. The normalized spacial score (nSPS) is 12.6. The van der Waals surface area contributed by atoms with Gasteiger partial charge in [-0.1, -0.05) is 13.0 Å². The molecule has 0 radical (unpaired) electrons.